The molecule has 0 aromatic heterocycles. The Labute approximate surface area is 101 Å². The molecule has 2 N–H and O–H groups in total. The highest BCUT2D eigenvalue weighted by molar-refractivity contribution is 4.88. The van der Waals surface area contributed by atoms with Crippen molar-refractivity contribution in [1.82, 2.24) is 4.90 Å². The van der Waals surface area contributed by atoms with Gasteiger partial charge in [-0.15, -0.1) is 0 Å². The number of hydrogen-bond donors (Lipinski definition) is 1. The number of rotatable bonds is 5. The van der Waals surface area contributed by atoms with Crippen LogP contribution in [0.2, 0.25) is 0 Å². The van der Waals surface area contributed by atoms with Gasteiger partial charge in [0.1, 0.15) is 0 Å². The largest absolute Gasteiger partial charge is 0.330 e. The summed E-state index contributed by atoms with van der Waals surface area (Å²) in [5.41, 5.74) is 6.46. The van der Waals surface area contributed by atoms with E-state index in [1.54, 1.807) is 0 Å². The highest BCUT2D eigenvalue weighted by Gasteiger charge is 2.33. The van der Waals surface area contributed by atoms with Crippen molar-refractivity contribution in [3.63, 3.8) is 0 Å². The molecule has 0 bridgehead atoms. The van der Waals surface area contributed by atoms with Crippen LogP contribution in [0.5, 0.6) is 0 Å². The molecule has 2 heteroatoms. The Morgan fingerprint density at radius 3 is 2.31 bits per heavy atom. The first-order valence-corrected chi connectivity index (χ1v) is 7.13. The van der Waals surface area contributed by atoms with E-state index in [1.807, 2.05) is 0 Å². The smallest absolute Gasteiger partial charge is 0.00471 e. The predicted octanol–water partition coefficient (Wildman–Crippen LogP) is 2.63. The maximum atomic E-state index is 6.00. The minimum Gasteiger partial charge on any atom is -0.330 e. The van der Waals surface area contributed by atoms with Gasteiger partial charge in [0.2, 0.25) is 0 Å². The Morgan fingerprint density at radius 2 is 1.75 bits per heavy atom. The maximum Gasteiger partial charge on any atom is 0.00471 e. The SMILES string of the molecule is CN(CC1CCCC1)CC1(CN)CCCC1. The topological polar surface area (TPSA) is 29.3 Å². The molecule has 16 heavy (non-hydrogen) atoms. The second-order valence-electron chi connectivity index (χ2n) is 6.26. The average Bonchev–Trinajstić information content (AvgIpc) is 2.90. The van der Waals surface area contributed by atoms with Crippen molar-refractivity contribution in [2.75, 3.05) is 26.7 Å². The molecule has 0 aromatic rings. The molecule has 2 fully saturated rings. The van der Waals surface area contributed by atoms with Crippen LogP contribution in [0.1, 0.15) is 51.4 Å². The average molecular weight is 224 g/mol. The van der Waals surface area contributed by atoms with Gasteiger partial charge in [-0.3, -0.25) is 0 Å². The van der Waals surface area contributed by atoms with Crippen LogP contribution in [0, 0.1) is 11.3 Å². The third-order valence-electron chi connectivity index (χ3n) is 4.75. The zero-order valence-corrected chi connectivity index (χ0v) is 10.9. The van der Waals surface area contributed by atoms with Crippen LogP contribution in [0.3, 0.4) is 0 Å². The van der Waals surface area contributed by atoms with Gasteiger partial charge in [-0.2, -0.15) is 0 Å². The molecule has 2 aliphatic rings. The van der Waals surface area contributed by atoms with Gasteiger partial charge in [-0.1, -0.05) is 25.7 Å². The van der Waals surface area contributed by atoms with Crippen molar-refractivity contribution in [1.29, 1.82) is 0 Å². The van der Waals surface area contributed by atoms with Crippen molar-refractivity contribution >= 4 is 0 Å². The molecule has 0 radical (unpaired) electrons. The molecule has 0 aliphatic heterocycles. The molecule has 2 saturated carbocycles. The van der Waals surface area contributed by atoms with E-state index >= 15 is 0 Å². The minimum atomic E-state index is 0.466. The van der Waals surface area contributed by atoms with Gasteiger partial charge in [0.15, 0.2) is 0 Å². The first-order valence-electron chi connectivity index (χ1n) is 7.13. The third kappa shape index (κ3) is 2.98. The van der Waals surface area contributed by atoms with E-state index in [-0.39, 0.29) is 0 Å². The monoisotopic (exact) mass is 224 g/mol. The lowest BCUT2D eigenvalue weighted by atomic mass is 9.85. The van der Waals surface area contributed by atoms with Gasteiger partial charge in [0, 0.05) is 13.1 Å². The van der Waals surface area contributed by atoms with Crippen LogP contribution in [-0.4, -0.2) is 31.6 Å². The fourth-order valence-electron chi connectivity index (χ4n) is 3.82. The maximum absolute atomic E-state index is 6.00. The van der Waals surface area contributed by atoms with Crippen molar-refractivity contribution in [2.24, 2.45) is 17.1 Å². The summed E-state index contributed by atoms with van der Waals surface area (Å²) in [5, 5.41) is 0. The molecule has 0 saturated heterocycles. The first kappa shape index (κ1) is 12.4. The van der Waals surface area contributed by atoms with E-state index in [2.05, 4.69) is 11.9 Å². The quantitative estimate of drug-likeness (QED) is 0.778. The van der Waals surface area contributed by atoms with Crippen LogP contribution in [0.15, 0.2) is 0 Å². The molecule has 0 amide bonds. The highest BCUT2D eigenvalue weighted by Crippen LogP contribution is 2.38. The van der Waals surface area contributed by atoms with E-state index in [1.165, 1.54) is 64.5 Å². The van der Waals surface area contributed by atoms with Crippen molar-refractivity contribution in [3.05, 3.63) is 0 Å². The number of hydrogen-bond acceptors (Lipinski definition) is 2. The normalized spacial score (nSPS) is 25.7. The van der Waals surface area contributed by atoms with Gasteiger partial charge in [-0.05, 0) is 50.6 Å². The van der Waals surface area contributed by atoms with Crippen molar-refractivity contribution < 1.29 is 0 Å². The molecule has 2 aliphatic carbocycles. The molecule has 0 aromatic carbocycles. The van der Waals surface area contributed by atoms with E-state index in [0.29, 0.717) is 5.41 Å². The summed E-state index contributed by atoms with van der Waals surface area (Å²) >= 11 is 0. The summed E-state index contributed by atoms with van der Waals surface area (Å²) in [4.78, 5) is 2.56. The molecule has 2 nitrogen and oxygen atoms in total. The Morgan fingerprint density at radius 1 is 1.12 bits per heavy atom. The van der Waals surface area contributed by atoms with Crippen LogP contribution < -0.4 is 5.73 Å². The van der Waals surface area contributed by atoms with Gasteiger partial charge >= 0.3 is 0 Å². The van der Waals surface area contributed by atoms with E-state index in [4.69, 9.17) is 5.73 Å². The summed E-state index contributed by atoms with van der Waals surface area (Å²) in [5.74, 6) is 0.973. The summed E-state index contributed by atoms with van der Waals surface area (Å²) in [6.45, 7) is 3.43. The molecular formula is C14H28N2. The third-order valence-corrected chi connectivity index (χ3v) is 4.75. The zero-order valence-electron chi connectivity index (χ0n) is 10.9. The Bertz CT molecular complexity index is 203. The summed E-state index contributed by atoms with van der Waals surface area (Å²) < 4.78 is 0. The fraction of sp³-hybridized carbons (Fsp3) is 1.00. The molecule has 0 unspecified atom stereocenters. The lowest BCUT2D eigenvalue weighted by Gasteiger charge is -2.33. The molecule has 2 rings (SSSR count). The Kier molecular flexibility index (Phi) is 4.26. The van der Waals surface area contributed by atoms with Crippen molar-refractivity contribution in [2.45, 2.75) is 51.4 Å². The molecule has 0 spiro atoms. The van der Waals surface area contributed by atoms with Crippen molar-refractivity contribution in [3.8, 4) is 0 Å². The number of nitrogens with zero attached hydrogens (tertiary/aromatic N) is 1. The fourth-order valence-corrected chi connectivity index (χ4v) is 3.82. The van der Waals surface area contributed by atoms with Crippen LogP contribution in [-0.2, 0) is 0 Å². The van der Waals surface area contributed by atoms with Crippen LogP contribution in [0.25, 0.3) is 0 Å². The van der Waals surface area contributed by atoms with Crippen LogP contribution in [0.4, 0.5) is 0 Å². The molecular weight excluding hydrogens is 196 g/mol. The second kappa shape index (κ2) is 5.50. The summed E-state index contributed by atoms with van der Waals surface area (Å²) in [7, 11) is 2.30. The lowest BCUT2D eigenvalue weighted by Crippen LogP contribution is -2.40. The van der Waals surface area contributed by atoms with E-state index < -0.39 is 0 Å². The van der Waals surface area contributed by atoms with E-state index in [0.717, 1.165) is 12.5 Å². The second-order valence-corrected chi connectivity index (χ2v) is 6.26. The zero-order chi connectivity index (χ0) is 11.4. The highest BCUT2D eigenvalue weighted by atomic mass is 15.1. The van der Waals surface area contributed by atoms with Gasteiger partial charge in [0.25, 0.3) is 0 Å². The van der Waals surface area contributed by atoms with Gasteiger partial charge < -0.3 is 10.6 Å². The predicted molar refractivity (Wildman–Crippen MR) is 69.4 cm³/mol. The van der Waals surface area contributed by atoms with E-state index in [9.17, 15) is 0 Å². The van der Waals surface area contributed by atoms with Gasteiger partial charge in [-0.25, -0.2) is 0 Å². The first-order chi connectivity index (χ1) is 7.74. The minimum absolute atomic E-state index is 0.466. The van der Waals surface area contributed by atoms with Gasteiger partial charge in [0.05, 0.1) is 0 Å². The number of nitrogens with two attached hydrogens (primary N) is 1. The summed E-state index contributed by atoms with van der Waals surface area (Å²) in [6.07, 6.45) is 11.3. The van der Waals surface area contributed by atoms with Crippen LogP contribution >= 0.6 is 0 Å². The molecule has 94 valence electrons. The standard InChI is InChI=1S/C14H28N2/c1-16(10-13-6-2-3-7-13)12-14(11-15)8-4-5-9-14/h13H,2-12,15H2,1H3. The lowest BCUT2D eigenvalue weighted by molar-refractivity contribution is 0.166. The Hall–Kier alpha value is -0.0800. The molecule has 0 atom stereocenters. The Balaban J connectivity index is 1.78. The molecule has 0 heterocycles. The summed E-state index contributed by atoms with van der Waals surface area (Å²) in [6, 6.07) is 0.